The lowest BCUT2D eigenvalue weighted by Gasteiger charge is -2.09. The number of nitrogen functional groups attached to an aromatic ring is 1. The Balaban J connectivity index is 2.63. The van der Waals surface area contributed by atoms with Crippen molar-refractivity contribution in [2.24, 2.45) is 0 Å². The second-order valence-electron chi connectivity index (χ2n) is 2.39. The van der Waals surface area contributed by atoms with Gasteiger partial charge in [0.1, 0.15) is 18.2 Å². The summed E-state index contributed by atoms with van der Waals surface area (Å²) in [4.78, 5) is 7.50. The normalized spacial score (nSPS) is 12.5. The molecule has 1 atom stereocenters. The van der Waals surface area contributed by atoms with Gasteiger partial charge in [-0.25, -0.2) is 9.97 Å². The molecule has 0 aliphatic carbocycles. The van der Waals surface area contributed by atoms with Crippen molar-refractivity contribution in [3.05, 3.63) is 12.4 Å². The van der Waals surface area contributed by atoms with Gasteiger partial charge in [0, 0.05) is 6.07 Å². The Morgan fingerprint density at radius 2 is 2.42 bits per heavy atom. The third kappa shape index (κ3) is 2.35. The van der Waals surface area contributed by atoms with Crippen LogP contribution in [0.1, 0.15) is 6.92 Å². The van der Waals surface area contributed by atoms with Gasteiger partial charge in [-0.15, -0.1) is 0 Å². The number of ether oxygens (including phenoxy) is 1. The van der Waals surface area contributed by atoms with E-state index in [4.69, 9.17) is 15.6 Å². The predicted molar refractivity (Wildman–Crippen MR) is 43.6 cm³/mol. The van der Waals surface area contributed by atoms with Crippen molar-refractivity contribution < 1.29 is 9.84 Å². The number of rotatable bonds is 3. The highest BCUT2D eigenvalue weighted by molar-refractivity contribution is 5.30. The molecular weight excluding hydrogens is 158 g/mol. The van der Waals surface area contributed by atoms with Gasteiger partial charge in [0.05, 0.1) is 6.61 Å². The number of aliphatic hydroxyl groups excluding tert-OH is 1. The van der Waals surface area contributed by atoms with Crippen LogP contribution in [0.15, 0.2) is 12.4 Å². The van der Waals surface area contributed by atoms with Crippen LogP contribution in [-0.2, 0) is 0 Å². The standard InChI is InChI=1S/C7H11N3O2/c1-5(3-11)12-7-2-6(8)9-4-10-7/h2,4-5,11H,3H2,1H3,(H2,8,9,10)/t5-/m0/s1. The maximum absolute atomic E-state index is 8.67. The van der Waals surface area contributed by atoms with Gasteiger partial charge in [-0.2, -0.15) is 0 Å². The topological polar surface area (TPSA) is 81.3 Å². The molecule has 1 rings (SSSR count). The van der Waals surface area contributed by atoms with Gasteiger partial charge in [0.25, 0.3) is 0 Å². The van der Waals surface area contributed by atoms with E-state index in [9.17, 15) is 0 Å². The molecule has 0 saturated heterocycles. The fraction of sp³-hybridized carbons (Fsp3) is 0.429. The number of nitrogens with zero attached hydrogens (tertiary/aromatic N) is 2. The maximum atomic E-state index is 8.67. The van der Waals surface area contributed by atoms with Crippen molar-refractivity contribution in [3.8, 4) is 5.88 Å². The molecule has 0 fully saturated rings. The van der Waals surface area contributed by atoms with E-state index in [0.29, 0.717) is 11.7 Å². The van der Waals surface area contributed by atoms with Gasteiger partial charge < -0.3 is 15.6 Å². The zero-order valence-electron chi connectivity index (χ0n) is 6.77. The molecule has 0 unspecified atom stereocenters. The molecule has 1 aromatic heterocycles. The highest BCUT2D eigenvalue weighted by Gasteiger charge is 2.02. The van der Waals surface area contributed by atoms with Gasteiger partial charge >= 0.3 is 0 Å². The van der Waals surface area contributed by atoms with Crippen LogP contribution in [0.5, 0.6) is 5.88 Å². The van der Waals surface area contributed by atoms with Gasteiger partial charge in [0.15, 0.2) is 0 Å². The van der Waals surface area contributed by atoms with Crippen LogP contribution < -0.4 is 10.5 Å². The van der Waals surface area contributed by atoms with E-state index >= 15 is 0 Å². The van der Waals surface area contributed by atoms with Crippen LogP contribution >= 0.6 is 0 Å². The predicted octanol–water partition coefficient (Wildman–Crippen LogP) is -0.182. The molecule has 0 amide bonds. The lowest BCUT2D eigenvalue weighted by Crippen LogP contribution is -2.17. The fourth-order valence-corrected chi connectivity index (χ4v) is 0.661. The van der Waals surface area contributed by atoms with Crippen LogP contribution in [0.3, 0.4) is 0 Å². The van der Waals surface area contributed by atoms with E-state index in [0.717, 1.165) is 0 Å². The lowest BCUT2D eigenvalue weighted by atomic mass is 10.4. The molecule has 3 N–H and O–H groups in total. The molecule has 0 spiro atoms. The molecule has 1 aromatic rings. The second kappa shape index (κ2) is 3.87. The molecule has 0 aromatic carbocycles. The lowest BCUT2D eigenvalue weighted by molar-refractivity contribution is 0.125. The maximum Gasteiger partial charge on any atom is 0.218 e. The average molecular weight is 169 g/mol. The van der Waals surface area contributed by atoms with Crippen LogP contribution in [-0.4, -0.2) is 27.8 Å². The summed E-state index contributed by atoms with van der Waals surface area (Å²) in [5, 5.41) is 8.67. The van der Waals surface area contributed by atoms with E-state index in [2.05, 4.69) is 9.97 Å². The van der Waals surface area contributed by atoms with Gasteiger partial charge in [-0.1, -0.05) is 0 Å². The average Bonchev–Trinajstić information content (AvgIpc) is 2.04. The number of aliphatic hydroxyl groups is 1. The highest BCUT2D eigenvalue weighted by Crippen LogP contribution is 2.09. The minimum Gasteiger partial charge on any atom is -0.472 e. The van der Waals surface area contributed by atoms with E-state index in [1.54, 1.807) is 6.92 Å². The Labute approximate surface area is 70.2 Å². The number of nitrogens with two attached hydrogens (primary N) is 1. The Hall–Kier alpha value is -1.36. The highest BCUT2D eigenvalue weighted by atomic mass is 16.5. The Bertz CT molecular complexity index is 254. The van der Waals surface area contributed by atoms with Gasteiger partial charge in [-0.05, 0) is 6.92 Å². The molecule has 0 radical (unpaired) electrons. The van der Waals surface area contributed by atoms with E-state index < -0.39 is 0 Å². The molecule has 0 aliphatic rings. The molecule has 5 heteroatoms. The molecule has 0 bridgehead atoms. The summed E-state index contributed by atoms with van der Waals surface area (Å²) >= 11 is 0. The van der Waals surface area contributed by atoms with Crippen molar-refractivity contribution in [2.45, 2.75) is 13.0 Å². The number of hydrogen-bond donors (Lipinski definition) is 2. The summed E-state index contributed by atoms with van der Waals surface area (Å²) < 4.78 is 5.16. The molecule has 0 saturated carbocycles. The SMILES string of the molecule is C[C@@H](CO)Oc1cc(N)ncn1. The minimum atomic E-state index is -0.278. The number of hydrogen-bond acceptors (Lipinski definition) is 5. The van der Waals surface area contributed by atoms with Gasteiger partial charge in [0.2, 0.25) is 5.88 Å². The Morgan fingerprint density at radius 3 is 3.00 bits per heavy atom. The minimum absolute atomic E-state index is 0.0517. The fourth-order valence-electron chi connectivity index (χ4n) is 0.661. The van der Waals surface area contributed by atoms with Gasteiger partial charge in [-0.3, -0.25) is 0 Å². The first-order chi connectivity index (χ1) is 5.72. The second-order valence-corrected chi connectivity index (χ2v) is 2.39. The van der Waals surface area contributed by atoms with Crippen molar-refractivity contribution in [1.29, 1.82) is 0 Å². The Kier molecular flexibility index (Phi) is 2.82. The zero-order chi connectivity index (χ0) is 8.97. The quantitative estimate of drug-likeness (QED) is 0.655. The van der Waals surface area contributed by atoms with E-state index in [1.807, 2.05) is 0 Å². The monoisotopic (exact) mass is 169 g/mol. The molecular formula is C7H11N3O2. The summed E-state index contributed by atoms with van der Waals surface area (Å²) in [7, 11) is 0. The van der Waals surface area contributed by atoms with Crippen molar-refractivity contribution in [3.63, 3.8) is 0 Å². The first-order valence-corrected chi connectivity index (χ1v) is 3.57. The van der Waals surface area contributed by atoms with E-state index in [1.165, 1.54) is 12.4 Å². The Morgan fingerprint density at radius 1 is 1.67 bits per heavy atom. The number of anilines is 1. The first kappa shape index (κ1) is 8.73. The van der Waals surface area contributed by atoms with Crippen LogP contribution in [0.25, 0.3) is 0 Å². The summed E-state index contributed by atoms with van der Waals surface area (Å²) in [6, 6.07) is 1.51. The van der Waals surface area contributed by atoms with Crippen LogP contribution in [0.4, 0.5) is 5.82 Å². The van der Waals surface area contributed by atoms with E-state index in [-0.39, 0.29) is 12.7 Å². The van der Waals surface area contributed by atoms with Crippen molar-refractivity contribution >= 4 is 5.82 Å². The summed E-state index contributed by atoms with van der Waals surface area (Å²) in [6.07, 6.45) is 1.04. The third-order valence-corrected chi connectivity index (χ3v) is 1.24. The third-order valence-electron chi connectivity index (χ3n) is 1.24. The summed E-state index contributed by atoms with van der Waals surface area (Å²) in [6.45, 7) is 1.68. The molecule has 66 valence electrons. The smallest absolute Gasteiger partial charge is 0.218 e. The largest absolute Gasteiger partial charge is 0.472 e. The van der Waals surface area contributed by atoms with Crippen LogP contribution in [0.2, 0.25) is 0 Å². The zero-order valence-corrected chi connectivity index (χ0v) is 6.77. The molecule has 0 aliphatic heterocycles. The summed E-state index contributed by atoms with van der Waals surface area (Å²) in [5.41, 5.74) is 5.38. The molecule has 5 nitrogen and oxygen atoms in total. The first-order valence-electron chi connectivity index (χ1n) is 3.57. The number of aromatic nitrogens is 2. The van der Waals surface area contributed by atoms with Crippen molar-refractivity contribution in [1.82, 2.24) is 9.97 Å². The molecule has 12 heavy (non-hydrogen) atoms. The summed E-state index contributed by atoms with van der Waals surface area (Å²) in [5.74, 6) is 0.731. The molecule has 1 heterocycles. The van der Waals surface area contributed by atoms with Crippen molar-refractivity contribution in [2.75, 3.05) is 12.3 Å². The van der Waals surface area contributed by atoms with Crippen LogP contribution in [0, 0.1) is 0 Å².